The maximum atomic E-state index is 8.88. The molecular weight excluding hydrogens is 298 g/mol. The van der Waals surface area contributed by atoms with Gasteiger partial charge in [0.15, 0.2) is 0 Å². The number of para-hydroxylation sites is 1. The predicted octanol–water partition coefficient (Wildman–Crippen LogP) is 3.58. The second kappa shape index (κ2) is 5.21. The third kappa shape index (κ3) is 2.60. The van der Waals surface area contributed by atoms with Crippen molar-refractivity contribution in [3.63, 3.8) is 0 Å². The first-order valence-electron chi connectivity index (χ1n) is 4.96. The number of nitrogens with one attached hydrogen (secondary N) is 1. The lowest BCUT2D eigenvalue weighted by Crippen LogP contribution is -2.02. The third-order valence-electron chi connectivity index (χ3n) is 2.36. The van der Waals surface area contributed by atoms with Gasteiger partial charge in [-0.1, -0.05) is 6.07 Å². The van der Waals surface area contributed by atoms with Crippen LogP contribution >= 0.6 is 27.3 Å². The Morgan fingerprint density at radius 3 is 2.88 bits per heavy atom. The van der Waals surface area contributed by atoms with E-state index in [2.05, 4.69) is 27.3 Å². The van der Waals surface area contributed by atoms with Gasteiger partial charge in [0.25, 0.3) is 0 Å². The Bertz CT molecular complexity index is 571. The number of nitrogen functional groups attached to an aromatic ring is 1. The van der Waals surface area contributed by atoms with E-state index in [1.165, 1.54) is 4.88 Å². The second-order valence-corrected chi connectivity index (χ2v) is 5.28. The summed E-state index contributed by atoms with van der Waals surface area (Å²) in [7, 11) is 0. The van der Waals surface area contributed by atoms with Crippen LogP contribution in [0.15, 0.2) is 34.1 Å². The molecule has 1 heterocycles. The molecule has 0 radical (unpaired) electrons. The molecule has 0 unspecified atom stereocenters. The lowest BCUT2D eigenvalue weighted by Gasteiger charge is -2.09. The molecule has 2 rings (SSSR count). The summed E-state index contributed by atoms with van der Waals surface area (Å²) in [4.78, 5) is 1.20. The molecule has 0 spiro atoms. The van der Waals surface area contributed by atoms with Crippen LogP contribution in [-0.2, 0) is 6.54 Å². The number of anilines is 2. The molecular formula is C12H10BrN3S. The number of nitrogens with zero attached hydrogens (tertiary/aromatic N) is 1. The summed E-state index contributed by atoms with van der Waals surface area (Å²) in [6.45, 7) is 0.692. The van der Waals surface area contributed by atoms with Gasteiger partial charge in [0, 0.05) is 9.35 Å². The van der Waals surface area contributed by atoms with Crippen LogP contribution in [0.25, 0.3) is 0 Å². The molecule has 1 aromatic heterocycles. The number of hydrogen-bond donors (Lipinski definition) is 2. The first-order chi connectivity index (χ1) is 8.22. The largest absolute Gasteiger partial charge is 0.396 e. The van der Waals surface area contributed by atoms with E-state index in [0.717, 1.165) is 10.2 Å². The maximum absolute atomic E-state index is 8.88. The second-order valence-electron chi connectivity index (χ2n) is 3.42. The van der Waals surface area contributed by atoms with E-state index in [0.29, 0.717) is 17.8 Å². The van der Waals surface area contributed by atoms with E-state index in [1.807, 2.05) is 23.6 Å². The Morgan fingerprint density at radius 2 is 2.24 bits per heavy atom. The molecule has 0 aliphatic rings. The number of nitrogens with two attached hydrogens (primary N) is 1. The molecule has 3 nitrogen and oxygen atoms in total. The highest BCUT2D eigenvalue weighted by molar-refractivity contribution is 9.10. The number of rotatable bonds is 3. The van der Waals surface area contributed by atoms with Crippen molar-refractivity contribution < 1.29 is 0 Å². The first-order valence-corrected chi connectivity index (χ1v) is 6.64. The molecule has 86 valence electrons. The van der Waals surface area contributed by atoms with Crippen LogP contribution in [-0.4, -0.2) is 0 Å². The zero-order valence-corrected chi connectivity index (χ0v) is 11.3. The normalized spacial score (nSPS) is 9.88. The van der Waals surface area contributed by atoms with Gasteiger partial charge >= 0.3 is 0 Å². The molecule has 0 aliphatic heterocycles. The molecule has 17 heavy (non-hydrogen) atoms. The van der Waals surface area contributed by atoms with Crippen molar-refractivity contribution in [2.75, 3.05) is 11.1 Å². The van der Waals surface area contributed by atoms with Gasteiger partial charge in [-0.05, 0) is 39.5 Å². The molecule has 0 saturated heterocycles. The van der Waals surface area contributed by atoms with Crippen LogP contribution in [0.4, 0.5) is 11.4 Å². The number of halogens is 1. The first kappa shape index (κ1) is 12.0. The summed E-state index contributed by atoms with van der Waals surface area (Å²) in [5.41, 5.74) is 7.68. The van der Waals surface area contributed by atoms with Gasteiger partial charge in [-0.3, -0.25) is 0 Å². The van der Waals surface area contributed by atoms with Gasteiger partial charge < -0.3 is 11.1 Å². The van der Waals surface area contributed by atoms with Gasteiger partial charge in [-0.15, -0.1) is 11.3 Å². The molecule has 1 aromatic carbocycles. The Morgan fingerprint density at radius 1 is 1.41 bits per heavy atom. The van der Waals surface area contributed by atoms with Crippen molar-refractivity contribution in [3.05, 3.63) is 44.6 Å². The quantitative estimate of drug-likeness (QED) is 0.852. The molecule has 5 heteroatoms. The summed E-state index contributed by atoms with van der Waals surface area (Å²) < 4.78 is 1.09. The lowest BCUT2D eigenvalue weighted by atomic mass is 10.1. The van der Waals surface area contributed by atoms with Crippen molar-refractivity contribution in [1.29, 1.82) is 5.26 Å². The van der Waals surface area contributed by atoms with E-state index in [1.54, 1.807) is 17.4 Å². The Kier molecular flexibility index (Phi) is 3.67. The van der Waals surface area contributed by atoms with Crippen molar-refractivity contribution in [1.82, 2.24) is 0 Å². The standard InChI is InChI=1S/C12H10BrN3S/c13-9-4-5-17-11(9)7-16-10-3-1-2-8(6-14)12(10)15/h1-5,16H,7,15H2. The van der Waals surface area contributed by atoms with Gasteiger partial charge in [0.1, 0.15) is 6.07 Å². The Balaban J connectivity index is 2.15. The molecule has 0 bridgehead atoms. The molecule has 0 saturated carbocycles. The zero-order chi connectivity index (χ0) is 12.3. The average molecular weight is 308 g/mol. The predicted molar refractivity (Wildman–Crippen MR) is 74.9 cm³/mol. The Labute approximate surface area is 112 Å². The molecule has 0 fully saturated rings. The highest BCUT2D eigenvalue weighted by Crippen LogP contribution is 2.26. The van der Waals surface area contributed by atoms with E-state index < -0.39 is 0 Å². The van der Waals surface area contributed by atoms with Crippen LogP contribution < -0.4 is 11.1 Å². The van der Waals surface area contributed by atoms with Crippen LogP contribution in [0.2, 0.25) is 0 Å². The van der Waals surface area contributed by atoms with Gasteiger partial charge in [-0.2, -0.15) is 5.26 Å². The van der Waals surface area contributed by atoms with E-state index in [4.69, 9.17) is 11.0 Å². The van der Waals surface area contributed by atoms with Crippen LogP contribution in [0.5, 0.6) is 0 Å². The minimum absolute atomic E-state index is 0.500. The minimum Gasteiger partial charge on any atom is -0.396 e. The number of hydrogen-bond acceptors (Lipinski definition) is 4. The van der Waals surface area contributed by atoms with Crippen LogP contribution in [0, 0.1) is 11.3 Å². The van der Waals surface area contributed by atoms with Crippen molar-refractivity contribution >= 4 is 38.6 Å². The molecule has 0 amide bonds. The highest BCUT2D eigenvalue weighted by Gasteiger charge is 2.05. The van der Waals surface area contributed by atoms with E-state index in [-0.39, 0.29) is 0 Å². The van der Waals surface area contributed by atoms with Gasteiger partial charge in [-0.25, -0.2) is 0 Å². The SMILES string of the molecule is N#Cc1cccc(NCc2sccc2Br)c1N. The minimum atomic E-state index is 0.500. The average Bonchev–Trinajstić information content (AvgIpc) is 2.74. The molecule has 0 aliphatic carbocycles. The number of nitriles is 1. The fourth-order valence-corrected chi connectivity index (χ4v) is 2.88. The molecule has 3 N–H and O–H groups in total. The van der Waals surface area contributed by atoms with E-state index in [9.17, 15) is 0 Å². The van der Waals surface area contributed by atoms with E-state index >= 15 is 0 Å². The number of benzene rings is 1. The number of thiophene rings is 1. The zero-order valence-electron chi connectivity index (χ0n) is 8.90. The smallest absolute Gasteiger partial charge is 0.101 e. The summed E-state index contributed by atoms with van der Waals surface area (Å²) in [6, 6.07) is 9.48. The summed E-state index contributed by atoms with van der Waals surface area (Å²) >= 11 is 5.14. The Hall–Kier alpha value is -1.51. The van der Waals surface area contributed by atoms with Gasteiger partial charge in [0.2, 0.25) is 0 Å². The molecule has 2 aromatic rings. The third-order valence-corrected chi connectivity index (χ3v) is 4.28. The summed E-state index contributed by atoms with van der Waals surface area (Å²) in [6.07, 6.45) is 0. The van der Waals surface area contributed by atoms with Gasteiger partial charge in [0.05, 0.1) is 23.5 Å². The topological polar surface area (TPSA) is 61.8 Å². The summed E-state index contributed by atoms with van der Waals surface area (Å²) in [5, 5.41) is 14.1. The fourth-order valence-electron chi connectivity index (χ4n) is 1.44. The van der Waals surface area contributed by atoms with Crippen LogP contribution in [0.1, 0.15) is 10.4 Å². The fraction of sp³-hybridized carbons (Fsp3) is 0.0833. The van der Waals surface area contributed by atoms with Crippen molar-refractivity contribution in [2.24, 2.45) is 0 Å². The van der Waals surface area contributed by atoms with Crippen molar-refractivity contribution in [2.45, 2.75) is 6.54 Å². The monoisotopic (exact) mass is 307 g/mol. The summed E-state index contributed by atoms with van der Waals surface area (Å²) in [5.74, 6) is 0. The van der Waals surface area contributed by atoms with Crippen LogP contribution in [0.3, 0.4) is 0 Å². The molecule has 0 atom stereocenters. The highest BCUT2D eigenvalue weighted by atomic mass is 79.9. The maximum Gasteiger partial charge on any atom is 0.101 e. The lowest BCUT2D eigenvalue weighted by molar-refractivity contribution is 1.18. The van der Waals surface area contributed by atoms with Crippen molar-refractivity contribution in [3.8, 4) is 6.07 Å².